The Balaban J connectivity index is 2.22. The molecule has 0 unspecified atom stereocenters. The quantitative estimate of drug-likeness (QED) is 0.244. The van der Waals surface area contributed by atoms with Crippen LogP contribution in [0.1, 0.15) is 126 Å². The lowest BCUT2D eigenvalue weighted by Gasteiger charge is -2.20. The zero-order chi connectivity index (χ0) is 23.6. The Kier molecular flexibility index (Phi) is 12.6. The van der Waals surface area contributed by atoms with Crippen molar-refractivity contribution in [1.82, 2.24) is 0 Å². The van der Waals surface area contributed by atoms with E-state index in [2.05, 4.69) is 34.6 Å². The number of carbonyl (C=O) groups is 2. The summed E-state index contributed by atoms with van der Waals surface area (Å²) < 4.78 is 0. The number of carbonyl (C=O) groups excluding carboxylic acids is 2. The lowest BCUT2D eigenvalue weighted by molar-refractivity contribution is -0.116. The Morgan fingerprint density at radius 3 is 1.35 bits per heavy atom. The molecule has 0 aromatic rings. The van der Waals surface area contributed by atoms with Crippen molar-refractivity contribution in [2.45, 2.75) is 126 Å². The minimum absolute atomic E-state index is 0.0582. The van der Waals surface area contributed by atoms with Gasteiger partial charge in [-0.25, -0.2) is 0 Å². The van der Waals surface area contributed by atoms with Crippen LogP contribution in [0.4, 0.5) is 0 Å². The maximum absolute atomic E-state index is 12.6. The predicted octanol–water partition coefficient (Wildman–Crippen LogP) is 8.65. The number of ketones is 2. The summed E-state index contributed by atoms with van der Waals surface area (Å²) in [6.07, 6.45) is 13.8. The summed E-state index contributed by atoms with van der Waals surface area (Å²) in [4.78, 5) is 24.9. The van der Waals surface area contributed by atoms with E-state index >= 15 is 0 Å². The first-order chi connectivity index (χ1) is 14.5. The van der Waals surface area contributed by atoms with Gasteiger partial charge in [-0.1, -0.05) is 92.4 Å². The minimum atomic E-state index is 0.0582. The molecule has 31 heavy (non-hydrogen) atoms. The average Bonchev–Trinajstić information content (AvgIpc) is 2.70. The van der Waals surface area contributed by atoms with Gasteiger partial charge in [0.15, 0.2) is 11.6 Å². The molecule has 0 spiro atoms. The van der Waals surface area contributed by atoms with Crippen molar-refractivity contribution in [2.75, 3.05) is 0 Å². The molecule has 0 radical (unpaired) electrons. The van der Waals surface area contributed by atoms with Gasteiger partial charge in [-0.05, 0) is 57.3 Å². The summed E-state index contributed by atoms with van der Waals surface area (Å²) in [6.45, 7) is 17.2. The molecular formula is C29H50O2. The van der Waals surface area contributed by atoms with Gasteiger partial charge in [0.25, 0.3) is 0 Å². The second-order valence-corrected chi connectivity index (χ2v) is 11.1. The monoisotopic (exact) mass is 430 g/mol. The Morgan fingerprint density at radius 2 is 0.903 bits per heavy atom. The van der Waals surface area contributed by atoms with E-state index in [1.165, 1.54) is 57.8 Å². The first-order valence-corrected chi connectivity index (χ1v) is 13.0. The van der Waals surface area contributed by atoms with Crippen LogP contribution < -0.4 is 0 Å². The van der Waals surface area contributed by atoms with Crippen LogP contribution in [0.5, 0.6) is 0 Å². The van der Waals surface area contributed by atoms with Gasteiger partial charge in [-0.15, -0.1) is 0 Å². The van der Waals surface area contributed by atoms with Crippen LogP contribution in [-0.2, 0) is 9.59 Å². The molecule has 2 nitrogen and oxygen atoms in total. The highest BCUT2D eigenvalue weighted by atomic mass is 16.1. The fourth-order valence-electron chi connectivity index (χ4n) is 4.78. The van der Waals surface area contributed by atoms with E-state index in [1.807, 2.05) is 6.92 Å². The molecule has 1 rings (SSSR count). The first-order valence-electron chi connectivity index (χ1n) is 13.0. The smallest absolute Gasteiger partial charge is 0.185 e. The molecule has 0 heterocycles. The molecule has 0 N–H and O–H groups in total. The van der Waals surface area contributed by atoms with Crippen molar-refractivity contribution in [3.8, 4) is 0 Å². The summed E-state index contributed by atoms with van der Waals surface area (Å²) in [5.74, 6) is 3.28. The Bertz CT molecular complexity index is 650. The first kappa shape index (κ1) is 27.9. The van der Waals surface area contributed by atoms with E-state index in [9.17, 15) is 9.59 Å². The molecule has 0 aromatic heterocycles. The summed E-state index contributed by atoms with van der Waals surface area (Å²) in [6, 6.07) is 0. The van der Waals surface area contributed by atoms with E-state index in [-0.39, 0.29) is 11.6 Å². The van der Waals surface area contributed by atoms with Gasteiger partial charge < -0.3 is 0 Å². The van der Waals surface area contributed by atoms with Gasteiger partial charge in [0.2, 0.25) is 0 Å². The maximum Gasteiger partial charge on any atom is 0.185 e. The van der Waals surface area contributed by atoms with E-state index in [0.29, 0.717) is 22.6 Å². The van der Waals surface area contributed by atoms with E-state index in [0.717, 1.165) is 36.2 Å². The number of allylic oxidation sites excluding steroid dienone is 4. The van der Waals surface area contributed by atoms with E-state index < -0.39 is 0 Å². The fraction of sp³-hybridized carbons (Fsp3) is 0.793. The molecule has 1 aliphatic carbocycles. The molecular weight excluding hydrogens is 380 g/mol. The number of hydrogen-bond donors (Lipinski definition) is 0. The second kappa shape index (κ2) is 14.1. The van der Waals surface area contributed by atoms with Gasteiger partial charge in [-0.2, -0.15) is 0 Å². The molecule has 0 amide bonds. The minimum Gasteiger partial charge on any atom is -0.289 e. The van der Waals surface area contributed by atoms with Gasteiger partial charge in [0, 0.05) is 22.3 Å². The molecule has 3 atom stereocenters. The molecule has 0 fully saturated rings. The van der Waals surface area contributed by atoms with Crippen LogP contribution in [0.3, 0.4) is 0 Å². The Labute approximate surface area is 193 Å². The van der Waals surface area contributed by atoms with Crippen molar-refractivity contribution in [2.24, 2.45) is 23.7 Å². The molecule has 0 aliphatic heterocycles. The van der Waals surface area contributed by atoms with Crippen molar-refractivity contribution in [3.63, 3.8) is 0 Å². The number of hydrogen-bond acceptors (Lipinski definition) is 2. The fourth-order valence-corrected chi connectivity index (χ4v) is 4.78. The van der Waals surface area contributed by atoms with E-state index in [1.54, 1.807) is 13.8 Å². The molecule has 0 aromatic carbocycles. The zero-order valence-electron chi connectivity index (χ0n) is 21.9. The lowest BCUT2D eigenvalue weighted by atomic mass is 9.82. The molecule has 178 valence electrons. The highest BCUT2D eigenvalue weighted by Gasteiger charge is 2.27. The average molecular weight is 431 g/mol. The normalized spacial score (nSPS) is 18.2. The molecule has 0 saturated heterocycles. The standard InChI is InChI=1S/C29H50O2/c1-20(2)12-9-13-21(3)14-10-15-22(4)16-11-17-23(5)18-19-27-26(8)28(30)24(6)25(7)29(27)31/h20-23H,9-19H2,1-8H3/t21-,22-,23-/m1/s1. The van der Waals surface area contributed by atoms with Crippen LogP contribution in [-0.4, -0.2) is 11.6 Å². The Morgan fingerprint density at radius 1 is 0.516 bits per heavy atom. The van der Waals surface area contributed by atoms with Crippen LogP contribution in [0.15, 0.2) is 22.3 Å². The molecule has 0 bridgehead atoms. The third-order valence-corrected chi connectivity index (χ3v) is 7.46. The van der Waals surface area contributed by atoms with Crippen molar-refractivity contribution >= 4 is 11.6 Å². The lowest BCUT2D eigenvalue weighted by Crippen LogP contribution is -2.21. The number of rotatable bonds is 15. The largest absolute Gasteiger partial charge is 0.289 e. The third kappa shape index (κ3) is 9.87. The van der Waals surface area contributed by atoms with Crippen molar-refractivity contribution in [1.29, 1.82) is 0 Å². The van der Waals surface area contributed by atoms with E-state index in [4.69, 9.17) is 0 Å². The summed E-state index contributed by atoms with van der Waals surface area (Å²) in [5.41, 5.74) is 2.70. The van der Waals surface area contributed by atoms with Crippen LogP contribution in [0.25, 0.3) is 0 Å². The highest BCUT2D eigenvalue weighted by Crippen LogP contribution is 2.29. The van der Waals surface area contributed by atoms with Crippen LogP contribution >= 0.6 is 0 Å². The molecule has 1 aliphatic rings. The summed E-state index contributed by atoms with van der Waals surface area (Å²) in [5, 5.41) is 0. The topological polar surface area (TPSA) is 34.1 Å². The van der Waals surface area contributed by atoms with Crippen LogP contribution in [0, 0.1) is 23.7 Å². The van der Waals surface area contributed by atoms with Crippen LogP contribution in [0.2, 0.25) is 0 Å². The van der Waals surface area contributed by atoms with Gasteiger partial charge in [0.1, 0.15) is 0 Å². The summed E-state index contributed by atoms with van der Waals surface area (Å²) >= 11 is 0. The third-order valence-electron chi connectivity index (χ3n) is 7.46. The van der Waals surface area contributed by atoms with Gasteiger partial charge >= 0.3 is 0 Å². The predicted molar refractivity (Wildman–Crippen MR) is 134 cm³/mol. The zero-order valence-corrected chi connectivity index (χ0v) is 21.9. The molecule has 0 saturated carbocycles. The number of Topliss-reactive ketones (excluding diaryl/α,β-unsaturated/α-hetero) is 2. The van der Waals surface area contributed by atoms with Gasteiger partial charge in [0.05, 0.1) is 0 Å². The summed E-state index contributed by atoms with van der Waals surface area (Å²) in [7, 11) is 0. The van der Waals surface area contributed by atoms with Crippen molar-refractivity contribution in [3.05, 3.63) is 22.3 Å². The SMILES string of the molecule is CC1=C(C)C(=O)C(CC[C@H](C)CCC[C@H](C)CCC[C@H](C)CCCC(C)C)=C(C)C1=O. The Hall–Kier alpha value is -1.18. The van der Waals surface area contributed by atoms with Crippen molar-refractivity contribution < 1.29 is 9.59 Å². The maximum atomic E-state index is 12.6. The highest BCUT2D eigenvalue weighted by molar-refractivity contribution is 6.24. The molecule has 2 heteroatoms. The second-order valence-electron chi connectivity index (χ2n) is 11.1. The van der Waals surface area contributed by atoms with Gasteiger partial charge in [-0.3, -0.25) is 9.59 Å².